The van der Waals surface area contributed by atoms with E-state index in [1.807, 2.05) is 12.1 Å². The molecule has 2 aromatic carbocycles. The third-order valence-electron chi connectivity index (χ3n) is 7.63. The molecule has 1 amide bonds. The number of anilines is 1. The van der Waals surface area contributed by atoms with Gasteiger partial charge in [0.2, 0.25) is 0 Å². The van der Waals surface area contributed by atoms with Crippen LogP contribution in [0.4, 0.5) is 5.82 Å². The second kappa shape index (κ2) is 11.7. The van der Waals surface area contributed by atoms with E-state index >= 15 is 0 Å². The molecular weight excluding hydrogens is 600 g/mol. The topological polar surface area (TPSA) is 139 Å². The van der Waals surface area contributed by atoms with Gasteiger partial charge in [0.1, 0.15) is 23.0 Å². The number of carbonyl (C=O) groups excluding carboxylic acids is 2. The fourth-order valence-corrected chi connectivity index (χ4v) is 8.63. The fraction of sp³-hybridized carbons (Fsp3) is 0.357. The van der Waals surface area contributed by atoms with Crippen LogP contribution in [0.5, 0.6) is 0 Å². The minimum atomic E-state index is -4.23. The van der Waals surface area contributed by atoms with E-state index in [-0.39, 0.29) is 30.5 Å². The first-order valence-electron chi connectivity index (χ1n) is 13.6. The zero-order chi connectivity index (χ0) is 29.4. The van der Waals surface area contributed by atoms with Crippen molar-refractivity contribution in [1.82, 2.24) is 24.1 Å². The van der Waals surface area contributed by atoms with E-state index in [1.165, 1.54) is 12.4 Å². The lowest BCUT2D eigenvalue weighted by molar-refractivity contribution is -0.159. The number of halogens is 1. The maximum absolute atomic E-state index is 13.9. The summed E-state index contributed by atoms with van der Waals surface area (Å²) in [7, 11) is -4.23. The minimum absolute atomic E-state index is 0.00881. The molecule has 2 aliphatic rings. The molecule has 0 aliphatic carbocycles. The van der Waals surface area contributed by atoms with Gasteiger partial charge in [-0.05, 0) is 67.2 Å². The van der Waals surface area contributed by atoms with Gasteiger partial charge in [0.05, 0.1) is 12.1 Å². The molecule has 1 atom stereocenters. The van der Waals surface area contributed by atoms with Crippen LogP contribution in [-0.4, -0.2) is 89.7 Å². The van der Waals surface area contributed by atoms with E-state index in [2.05, 4.69) is 14.9 Å². The number of aromatic nitrogens is 2. The standard InChI is InChI=1S/C28H29ClN6O5S2/c29-20-5-4-19-14-24(41-23(19)15-20)42(38,39)35-10-9-34(16-18-3-6-21-22(13-18)31-17-32-26(21)30)25(27(35)36)28(37)40-12-11-33-7-1-2-8-33/h3-6,13-15,17,25H,1-2,7-12,16H2,(H2,30,31,32). The summed E-state index contributed by atoms with van der Waals surface area (Å²) in [5, 5.41) is 1.88. The van der Waals surface area contributed by atoms with E-state index < -0.39 is 27.9 Å². The van der Waals surface area contributed by atoms with Gasteiger partial charge in [0.25, 0.3) is 15.9 Å². The summed E-state index contributed by atoms with van der Waals surface area (Å²) in [5.74, 6) is -1.26. The molecule has 0 spiro atoms. The van der Waals surface area contributed by atoms with Crippen molar-refractivity contribution in [1.29, 1.82) is 0 Å². The summed E-state index contributed by atoms with van der Waals surface area (Å²) in [6.45, 7) is 2.78. The van der Waals surface area contributed by atoms with Gasteiger partial charge in [-0.3, -0.25) is 14.6 Å². The Balaban J connectivity index is 1.27. The Morgan fingerprint density at radius 1 is 1.07 bits per heavy atom. The highest BCUT2D eigenvalue weighted by molar-refractivity contribution is 7.92. The Hall–Kier alpha value is -3.36. The number of piperazine rings is 1. The van der Waals surface area contributed by atoms with Crippen LogP contribution in [0.15, 0.2) is 53.0 Å². The number of likely N-dealkylation sites (tertiary alicyclic amines) is 1. The minimum Gasteiger partial charge on any atom is -0.463 e. The number of carbonyl (C=O) groups is 2. The van der Waals surface area contributed by atoms with Crippen molar-refractivity contribution in [2.24, 2.45) is 0 Å². The maximum Gasteiger partial charge on any atom is 0.333 e. The van der Waals surface area contributed by atoms with Crippen LogP contribution in [0, 0.1) is 0 Å². The number of esters is 1. The lowest BCUT2D eigenvalue weighted by Gasteiger charge is -2.38. The second-order valence-electron chi connectivity index (χ2n) is 10.4. The summed E-state index contributed by atoms with van der Waals surface area (Å²) in [4.78, 5) is 39.5. The number of hydrogen-bond donors (Lipinski definition) is 1. The Morgan fingerprint density at radius 3 is 2.69 bits per heavy atom. The number of nitrogens with zero attached hydrogens (tertiary/aromatic N) is 5. The molecule has 2 saturated heterocycles. The highest BCUT2D eigenvalue weighted by atomic mass is 35.5. The zero-order valence-electron chi connectivity index (χ0n) is 22.6. The van der Waals surface area contributed by atoms with E-state index in [1.54, 1.807) is 29.2 Å². The molecule has 42 heavy (non-hydrogen) atoms. The van der Waals surface area contributed by atoms with E-state index in [9.17, 15) is 18.0 Å². The number of fused-ring (bicyclic) bond motifs is 2. The number of amides is 1. The molecule has 4 heterocycles. The van der Waals surface area contributed by atoms with E-state index in [4.69, 9.17) is 22.1 Å². The van der Waals surface area contributed by atoms with Crippen LogP contribution in [-0.2, 0) is 30.9 Å². The summed E-state index contributed by atoms with van der Waals surface area (Å²) in [6, 6.07) is 10.6. The predicted molar refractivity (Wildman–Crippen MR) is 161 cm³/mol. The monoisotopic (exact) mass is 628 g/mol. The highest BCUT2D eigenvalue weighted by Crippen LogP contribution is 2.34. The van der Waals surface area contributed by atoms with Crippen molar-refractivity contribution in [2.45, 2.75) is 29.6 Å². The second-order valence-corrected chi connectivity index (χ2v) is 14.0. The molecule has 2 aromatic heterocycles. The molecule has 0 bridgehead atoms. The summed E-state index contributed by atoms with van der Waals surface area (Å²) in [5.41, 5.74) is 7.36. The molecule has 2 N–H and O–H groups in total. The smallest absolute Gasteiger partial charge is 0.333 e. The normalized spacial score (nSPS) is 18.7. The van der Waals surface area contributed by atoms with Crippen molar-refractivity contribution >= 4 is 71.6 Å². The third kappa shape index (κ3) is 5.66. The molecule has 2 fully saturated rings. The first-order valence-corrected chi connectivity index (χ1v) is 16.2. The van der Waals surface area contributed by atoms with Gasteiger partial charge >= 0.3 is 5.97 Å². The molecule has 11 nitrogen and oxygen atoms in total. The number of ether oxygens (including phenoxy) is 1. The lowest BCUT2D eigenvalue weighted by atomic mass is 10.1. The van der Waals surface area contributed by atoms with Crippen LogP contribution in [0.25, 0.3) is 21.0 Å². The van der Waals surface area contributed by atoms with Crippen LogP contribution < -0.4 is 5.73 Å². The van der Waals surface area contributed by atoms with Gasteiger partial charge in [-0.25, -0.2) is 27.5 Å². The zero-order valence-corrected chi connectivity index (χ0v) is 25.0. The summed E-state index contributed by atoms with van der Waals surface area (Å²) >= 11 is 7.13. The van der Waals surface area contributed by atoms with Crippen molar-refractivity contribution in [3.05, 3.63) is 59.4 Å². The molecule has 0 radical (unpaired) electrons. The number of benzene rings is 2. The van der Waals surface area contributed by atoms with Gasteiger partial charge < -0.3 is 10.5 Å². The summed E-state index contributed by atoms with van der Waals surface area (Å²) in [6.07, 6.45) is 3.57. The first kappa shape index (κ1) is 28.7. The van der Waals surface area contributed by atoms with Crippen molar-refractivity contribution in [3.63, 3.8) is 0 Å². The highest BCUT2D eigenvalue weighted by Gasteiger charge is 2.46. The molecule has 14 heteroatoms. The predicted octanol–water partition coefficient (Wildman–Crippen LogP) is 3.12. The van der Waals surface area contributed by atoms with Gasteiger partial charge in [-0.1, -0.05) is 23.7 Å². The Bertz CT molecular complexity index is 1780. The first-order chi connectivity index (χ1) is 20.2. The van der Waals surface area contributed by atoms with Crippen LogP contribution >= 0.6 is 22.9 Å². The maximum atomic E-state index is 13.9. The average Bonchev–Trinajstić information content (AvgIpc) is 3.63. The number of rotatable bonds is 8. The number of thiophene rings is 1. The molecule has 220 valence electrons. The molecule has 1 unspecified atom stereocenters. The number of nitrogen functional groups attached to an aromatic ring is 1. The quantitative estimate of drug-likeness (QED) is 0.229. The average molecular weight is 629 g/mol. The van der Waals surface area contributed by atoms with Gasteiger partial charge in [0.15, 0.2) is 6.04 Å². The lowest BCUT2D eigenvalue weighted by Crippen LogP contribution is -2.61. The molecule has 2 aliphatic heterocycles. The number of hydrogen-bond acceptors (Lipinski definition) is 11. The number of sulfonamides is 1. The number of nitrogens with two attached hydrogens (primary N) is 1. The summed E-state index contributed by atoms with van der Waals surface area (Å²) < 4.78 is 34.5. The van der Waals surface area contributed by atoms with Crippen molar-refractivity contribution in [3.8, 4) is 0 Å². The molecule has 4 aromatic rings. The molecule has 6 rings (SSSR count). The van der Waals surface area contributed by atoms with Crippen molar-refractivity contribution in [2.75, 3.05) is 45.1 Å². The van der Waals surface area contributed by atoms with Crippen LogP contribution in [0.1, 0.15) is 18.4 Å². The van der Waals surface area contributed by atoms with Crippen LogP contribution in [0.2, 0.25) is 5.02 Å². The van der Waals surface area contributed by atoms with Gasteiger partial charge in [-0.15, -0.1) is 11.3 Å². The molecular formula is C28H29ClN6O5S2. The largest absolute Gasteiger partial charge is 0.463 e. The van der Waals surface area contributed by atoms with Crippen molar-refractivity contribution < 1.29 is 22.7 Å². The SMILES string of the molecule is Nc1ncnc2cc(CN3CCN(S(=O)(=O)c4cc5ccc(Cl)cc5s4)C(=O)C3C(=O)OCCN3CCCC3)ccc12. The Morgan fingerprint density at radius 2 is 1.88 bits per heavy atom. The molecule has 0 saturated carbocycles. The van der Waals surface area contributed by atoms with Crippen LogP contribution in [0.3, 0.4) is 0 Å². The van der Waals surface area contributed by atoms with Gasteiger partial charge in [0, 0.05) is 34.7 Å². The van der Waals surface area contributed by atoms with Gasteiger partial charge in [-0.2, -0.15) is 0 Å². The third-order valence-corrected chi connectivity index (χ3v) is 11.2. The fourth-order valence-electron chi connectivity index (χ4n) is 5.44. The Labute approximate surface area is 251 Å². The van der Waals surface area contributed by atoms with E-state index in [0.717, 1.165) is 47.1 Å². The Kier molecular flexibility index (Phi) is 8.03. The van der Waals surface area contributed by atoms with E-state index in [0.29, 0.717) is 38.4 Å².